The van der Waals surface area contributed by atoms with Crippen LogP contribution >= 0.6 is 12.4 Å². The maximum absolute atomic E-state index is 13.3. The third-order valence-corrected chi connectivity index (χ3v) is 4.97. The van der Waals surface area contributed by atoms with Gasteiger partial charge in [-0.3, -0.25) is 9.78 Å². The van der Waals surface area contributed by atoms with E-state index in [-0.39, 0.29) is 24.4 Å². The molecule has 1 fully saturated rings. The average molecular weight is 418 g/mol. The monoisotopic (exact) mass is 417 g/mol. The van der Waals surface area contributed by atoms with Crippen LogP contribution in [0.15, 0.2) is 48.7 Å². The van der Waals surface area contributed by atoms with E-state index >= 15 is 0 Å². The molecule has 156 valence electrons. The Hall–Kier alpha value is -2.64. The van der Waals surface area contributed by atoms with Gasteiger partial charge in [0, 0.05) is 24.3 Å². The third kappa shape index (κ3) is 6.73. The molecule has 0 radical (unpaired) electrons. The fourth-order valence-electron chi connectivity index (χ4n) is 3.47. The van der Waals surface area contributed by atoms with Crippen LogP contribution in [0.5, 0.6) is 0 Å². The Morgan fingerprint density at radius 2 is 1.93 bits per heavy atom. The molecule has 2 aromatic rings. The minimum atomic E-state index is -0.566. The van der Waals surface area contributed by atoms with Crippen LogP contribution in [0.2, 0.25) is 0 Å². The summed E-state index contributed by atoms with van der Waals surface area (Å²) >= 11 is 0. The number of carbonyl (C=O) groups excluding carboxylic acids is 2. The standard InChI is InChI=1S/C21H27N5O2.ClH/c22-21(28)25-14-16-6-8-17(9-7-16)20(27)26(15-18-4-1-2-12-24-18)19-5-3-11-23-13-10-19;/h1-2,4,6-9,12,19,23H,3,5,10-11,13-15H2,(H3,22,25,28);1H. The lowest BCUT2D eigenvalue weighted by Crippen LogP contribution is -2.40. The second-order valence-electron chi connectivity index (χ2n) is 7.00. The van der Waals surface area contributed by atoms with Crippen molar-refractivity contribution in [3.63, 3.8) is 0 Å². The molecule has 3 rings (SSSR count). The Labute approximate surface area is 177 Å². The molecule has 1 aromatic heterocycles. The van der Waals surface area contributed by atoms with Gasteiger partial charge in [0.2, 0.25) is 0 Å². The van der Waals surface area contributed by atoms with E-state index in [1.54, 1.807) is 18.3 Å². The molecule has 8 heteroatoms. The molecule has 1 aliphatic heterocycles. The van der Waals surface area contributed by atoms with Crippen molar-refractivity contribution in [3.05, 3.63) is 65.5 Å². The second kappa shape index (κ2) is 11.4. The number of benzene rings is 1. The van der Waals surface area contributed by atoms with E-state index < -0.39 is 6.03 Å². The number of rotatable bonds is 6. The third-order valence-electron chi connectivity index (χ3n) is 4.97. The molecule has 1 aromatic carbocycles. The molecule has 7 nitrogen and oxygen atoms in total. The van der Waals surface area contributed by atoms with Crippen LogP contribution < -0.4 is 16.4 Å². The summed E-state index contributed by atoms with van der Waals surface area (Å²) in [6.45, 7) is 2.74. The normalized spacial score (nSPS) is 16.2. The summed E-state index contributed by atoms with van der Waals surface area (Å²) < 4.78 is 0. The van der Waals surface area contributed by atoms with Crippen molar-refractivity contribution in [1.29, 1.82) is 0 Å². The molecular weight excluding hydrogens is 390 g/mol. The zero-order valence-corrected chi connectivity index (χ0v) is 17.2. The molecule has 0 bridgehead atoms. The smallest absolute Gasteiger partial charge is 0.312 e. The first kappa shape index (κ1) is 22.6. The van der Waals surface area contributed by atoms with Crippen LogP contribution in [0, 0.1) is 0 Å². The lowest BCUT2D eigenvalue weighted by Gasteiger charge is -2.31. The highest BCUT2D eigenvalue weighted by Gasteiger charge is 2.26. The summed E-state index contributed by atoms with van der Waals surface area (Å²) in [7, 11) is 0. The summed E-state index contributed by atoms with van der Waals surface area (Å²) in [5.74, 6) is 0.00645. The highest BCUT2D eigenvalue weighted by Crippen LogP contribution is 2.20. The molecule has 29 heavy (non-hydrogen) atoms. The number of urea groups is 1. The van der Waals surface area contributed by atoms with E-state index in [0.717, 1.165) is 43.6 Å². The van der Waals surface area contributed by atoms with Gasteiger partial charge >= 0.3 is 6.03 Å². The number of nitrogens with two attached hydrogens (primary N) is 1. The van der Waals surface area contributed by atoms with Crippen LogP contribution in [-0.2, 0) is 13.1 Å². The number of amides is 3. The molecule has 0 aliphatic carbocycles. The van der Waals surface area contributed by atoms with Gasteiger partial charge in [0.15, 0.2) is 0 Å². The topological polar surface area (TPSA) is 100 Å². The van der Waals surface area contributed by atoms with Gasteiger partial charge in [-0.1, -0.05) is 18.2 Å². The molecule has 2 heterocycles. The lowest BCUT2D eigenvalue weighted by molar-refractivity contribution is 0.0642. The number of primary amides is 1. The van der Waals surface area contributed by atoms with Crippen LogP contribution in [0.3, 0.4) is 0 Å². The minimum absolute atomic E-state index is 0. The van der Waals surface area contributed by atoms with Crippen LogP contribution in [0.4, 0.5) is 4.79 Å². The lowest BCUT2D eigenvalue weighted by atomic mass is 10.0. The number of hydrogen-bond acceptors (Lipinski definition) is 4. The predicted octanol–water partition coefficient (Wildman–Crippen LogP) is 2.46. The second-order valence-corrected chi connectivity index (χ2v) is 7.00. The number of halogens is 1. The Morgan fingerprint density at radius 1 is 1.14 bits per heavy atom. The fourth-order valence-corrected chi connectivity index (χ4v) is 3.47. The molecular formula is C21H28ClN5O2. The molecule has 1 atom stereocenters. The number of aromatic nitrogens is 1. The average Bonchev–Trinajstić information content (AvgIpc) is 3.00. The number of carbonyl (C=O) groups is 2. The molecule has 1 aliphatic rings. The summed E-state index contributed by atoms with van der Waals surface area (Å²) in [4.78, 5) is 30.5. The largest absolute Gasteiger partial charge is 0.352 e. The summed E-state index contributed by atoms with van der Waals surface area (Å²) in [6.07, 6.45) is 4.72. The highest BCUT2D eigenvalue weighted by atomic mass is 35.5. The SMILES string of the molecule is Cl.NC(=O)NCc1ccc(C(=O)N(Cc2ccccn2)C2CCCNCC2)cc1. The first-order valence-corrected chi connectivity index (χ1v) is 9.67. The Kier molecular flexibility index (Phi) is 8.89. The molecule has 0 spiro atoms. The maximum Gasteiger partial charge on any atom is 0.312 e. The first-order chi connectivity index (χ1) is 13.6. The Bertz CT molecular complexity index is 777. The van der Waals surface area contributed by atoms with Crippen molar-refractivity contribution in [2.75, 3.05) is 13.1 Å². The van der Waals surface area contributed by atoms with Gasteiger partial charge < -0.3 is 21.3 Å². The zero-order valence-electron chi connectivity index (χ0n) is 16.3. The van der Waals surface area contributed by atoms with Crippen molar-refractivity contribution >= 4 is 24.3 Å². The maximum atomic E-state index is 13.3. The minimum Gasteiger partial charge on any atom is -0.352 e. The van der Waals surface area contributed by atoms with Crippen molar-refractivity contribution < 1.29 is 9.59 Å². The van der Waals surface area contributed by atoms with E-state index in [2.05, 4.69) is 15.6 Å². The van der Waals surface area contributed by atoms with Gasteiger partial charge in [0.05, 0.1) is 12.2 Å². The molecule has 4 N–H and O–H groups in total. The van der Waals surface area contributed by atoms with Crippen LogP contribution in [0.1, 0.15) is 40.9 Å². The molecule has 1 saturated heterocycles. The van der Waals surface area contributed by atoms with Crippen molar-refractivity contribution in [2.45, 2.75) is 38.4 Å². The van der Waals surface area contributed by atoms with Gasteiger partial charge in [-0.2, -0.15) is 0 Å². The Morgan fingerprint density at radius 3 is 2.62 bits per heavy atom. The van der Waals surface area contributed by atoms with Crippen molar-refractivity contribution in [1.82, 2.24) is 20.5 Å². The predicted molar refractivity (Wildman–Crippen MR) is 115 cm³/mol. The molecule has 3 amide bonds. The van der Waals surface area contributed by atoms with E-state index in [4.69, 9.17) is 5.73 Å². The first-order valence-electron chi connectivity index (χ1n) is 9.67. The van der Waals surface area contributed by atoms with Gasteiger partial charge in [0.1, 0.15) is 0 Å². The van der Waals surface area contributed by atoms with Crippen molar-refractivity contribution in [3.8, 4) is 0 Å². The van der Waals surface area contributed by atoms with Gasteiger partial charge in [-0.05, 0) is 62.2 Å². The highest BCUT2D eigenvalue weighted by molar-refractivity contribution is 5.94. The Balaban J connectivity index is 0.00000300. The fraction of sp³-hybridized carbons (Fsp3) is 0.381. The van der Waals surface area contributed by atoms with Crippen molar-refractivity contribution in [2.24, 2.45) is 5.73 Å². The van der Waals surface area contributed by atoms with Crippen LogP contribution in [-0.4, -0.2) is 41.0 Å². The van der Waals surface area contributed by atoms with Gasteiger partial charge in [0.25, 0.3) is 5.91 Å². The summed E-state index contributed by atoms with van der Waals surface area (Å²) in [5.41, 5.74) is 7.52. The number of pyridine rings is 1. The number of nitrogens with zero attached hydrogens (tertiary/aromatic N) is 2. The van der Waals surface area contributed by atoms with Crippen LogP contribution in [0.25, 0.3) is 0 Å². The number of nitrogens with one attached hydrogen (secondary N) is 2. The quantitative estimate of drug-likeness (QED) is 0.672. The van der Waals surface area contributed by atoms with E-state index in [1.807, 2.05) is 35.2 Å². The van der Waals surface area contributed by atoms with Gasteiger partial charge in [-0.15, -0.1) is 12.4 Å². The van der Waals surface area contributed by atoms with Gasteiger partial charge in [-0.25, -0.2) is 4.79 Å². The summed E-state index contributed by atoms with van der Waals surface area (Å²) in [6, 6.07) is 12.7. The van der Waals surface area contributed by atoms with E-state index in [0.29, 0.717) is 18.7 Å². The zero-order chi connectivity index (χ0) is 19.8. The molecule has 1 unspecified atom stereocenters. The summed E-state index contributed by atoms with van der Waals surface area (Å²) in [5, 5.41) is 5.96. The van der Waals surface area contributed by atoms with E-state index in [1.165, 1.54) is 0 Å². The van der Waals surface area contributed by atoms with E-state index in [9.17, 15) is 9.59 Å². The molecule has 0 saturated carbocycles. The number of hydrogen-bond donors (Lipinski definition) is 3.